The molecule has 17 heavy (non-hydrogen) atoms. The highest BCUT2D eigenvalue weighted by atomic mass is 32.1. The van der Waals surface area contributed by atoms with Gasteiger partial charge in [0.1, 0.15) is 0 Å². The molecular weight excluding hydrogens is 234 g/mol. The topological polar surface area (TPSA) is 46.1 Å². The molecule has 2 aromatic heterocycles. The van der Waals surface area contributed by atoms with Crippen LogP contribution in [0.4, 0.5) is 5.13 Å². The summed E-state index contributed by atoms with van der Waals surface area (Å²) in [5.41, 5.74) is 1.54. The van der Waals surface area contributed by atoms with E-state index in [1.165, 1.54) is 11.3 Å². The normalized spacial score (nSPS) is 10.3. The Bertz CT molecular complexity index is 516. The summed E-state index contributed by atoms with van der Waals surface area (Å²) >= 11 is 1.52. The van der Waals surface area contributed by atoms with Crippen molar-refractivity contribution in [3.63, 3.8) is 0 Å². The van der Waals surface area contributed by atoms with Crippen molar-refractivity contribution in [1.29, 1.82) is 0 Å². The number of hydrogen-bond acceptors (Lipinski definition) is 4. The lowest BCUT2D eigenvalue weighted by atomic mass is 10.2. The van der Waals surface area contributed by atoms with Crippen LogP contribution in [0, 0.1) is 13.8 Å². The minimum Gasteiger partial charge on any atom is -0.287 e. The number of nitrogens with zero attached hydrogens (tertiary/aromatic N) is 3. The van der Waals surface area contributed by atoms with Crippen LogP contribution in [0.5, 0.6) is 0 Å². The maximum atomic E-state index is 12.1. The van der Waals surface area contributed by atoms with Gasteiger partial charge in [-0.25, -0.2) is 4.98 Å². The van der Waals surface area contributed by atoms with Gasteiger partial charge < -0.3 is 0 Å². The Balaban J connectivity index is 2.26. The molecule has 0 unspecified atom stereocenters. The molecule has 0 aliphatic rings. The fourth-order valence-corrected chi connectivity index (χ4v) is 2.24. The van der Waals surface area contributed by atoms with Gasteiger partial charge in [-0.05, 0) is 26.0 Å². The number of aromatic nitrogens is 2. The molecule has 0 radical (unpaired) electrons. The number of amides is 1. The summed E-state index contributed by atoms with van der Waals surface area (Å²) in [5, 5.41) is 0.717. The Labute approximate surface area is 104 Å². The molecule has 0 saturated heterocycles. The zero-order valence-corrected chi connectivity index (χ0v) is 10.8. The fourth-order valence-electron chi connectivity index (χ4n) is 1.37. The third-order valence-corrected chi connectivity index (χ3v) is 3.67. The number of pyridine rings is 1. The first kappa shape index (κ1) is 11.7. The van der Waals surface area contributed by atoms with Gasteiger partial charge in [-0.1, -0.05) is 0 Å². The maximum absolute atomic E-state index is 12.1. The molecule has 0 aliphatic carbocycles. The minimum atomic E-state index is -0.0909. The lowest BCUT2D eigenvalue weighted by Gasteiger charge is -2.13. The van der Waals surface area contributed by atoms with E-state index in [4.69, 9.17) is 0 Å². The second-order valence-electron chi connectivity index (χ2n) is 3.74. The summed E-state index contributed by atoms with van der Waals surface area (Å²) in [4.78, 5) is 23.1. The number of carbonyl (C=O) groups is 1. The van der Waals surface area contributed by atoms with Gasteiger partial charge >= 0.3 is 0 Å². The van der Waals surface area contributed by atoms with Crippen LogP contribution in [0.15, 0.2) is 24.5 Å². The predicted octanol–water partition coefficient (Wildman–Crippen LogP) is 2.43. The fraction of sp³-hybridized carbons (Fsp3) is 0.250. The van der Waals surface area contributed by atoms with E-state index in [1.807, 2.05) is 13.8 Å². The average Bonchev–Trinajstić information content (AvgIpc) is 2.69. The van der Waals surface area contributed by atoms with Crippen molar-refractivity contribution in [2.45, 2.75) is 13.8 Å². The van der Waals surface area contributed by atoms with E-state index in [-0.39, 0.29) is 5.91 Å². The van der Waals surface area contributed by atoms with Gasteiger partial charge in [0.15, 0.2) is 5.13 Å². The molecule has 0 saturated carbocycles. The second kappa shape index (κ2) is 4.63. The number of rotatable bonds is 2. The summed E-state index contributed by atoms with van der Waals surface area (Å²) in [7, 11) is 1.73. The van der Waals surface area contributed by atoms with Crippen LogP contribution in [0.3, 0.4) is 0 Å². The van der Waals surface area contributed by atoms with Crippen LogP contribution >= 0.6 is 11.3 Å². The molecule has 2 heterocycles. The molecule has 4 nitrogen and oxygen atoms in total. The van der Waals surface area contributed by atoms with Crippen LogP contribution in [0.25, 0.3) is 0 Å². The zero-order chi connectivity index (χ0) is 12.4. The summed E-state index contributed by atoms with van der Waals surface area (Å²) in [5.74, 6) is -0.0909. The van der Waals surface area contributed by atoms with E-state index >= 15 is 0 Å². The highest BCUT2D eigenvalue weighted by Gasteiger charge is 2.17. The quantitative estimate of drug-likeness (QED) is 0.818. The molecule has 88 valence electrons. The molecule has 2 rings (SSSR count). The van der Waals surface area contributed by atoms with Crippen LogP contribution in [0.1, 0.15) is 20.9 Å². The molecule has 1 amide bonds. The Morgan fingerprint density at radius 3 is 2.71 bits per heavy atom. The zero-order valence-electron chi connectivity index (χ0n) is 9.97. The summed E-state index contributed by atoms with van der Waals surface area (Å²) < 4.78 is 0. The van der Waals surface area contributed by atoms with Crippen molar-refractivity contribution >= 4 is 22.4 Å². The average molecular weight is 247 g/mol. The third-order valence-electron chi connectivity index (χ3n) is 2.52. The Hall–Kier alpha value is -1.75. The molecule has 5 heteroatoms. The SMILES string of the molecule is Cc1nc(N(C)C(=O)c2cccnc2)sc1C. The van der Waals surface area contributed by atoms with E-state index in [1.54, 1.807) is 36.5 Å². The number of aryl methyl sites for hydroxylation is 2. The standard InChI is InChI=1S/C12H13N3OS/c1-8-9(2)17-12(14-8)15(3)11(16)10-5-4-6-13-7-10/h4-7H,1-3H3. The number of hydrogen-bond donors (Lipinski definition) is 0. The molecule has 0 bridgehead atoms. The first-order chi connectivity index (χ1) is 8.09. The number of carbonyl (C=O) groups excluding carboxylic acids is 1. The molecule has 0 spiro atoms. The molecule has 0 N–H and O–H groups in total. The number of anilines is 1. The first-order valence-corrected chi connectivity index (χ1v) is 6.03. The van der Waals surface area contributed by atoms with E-state index in [2.05, 4.69) is 9.97 Å². The molecule has 0 fully saturated rings. The van der Waals surface area contributed by atoms with Crippen molar-refractivity contribution < 1.29 is 4.79 Å². The Morgan fingerprint density at radius 2 is 2.18 bits per heavy atom. The molecule has 0 atom stereocenters. The summed E-state index contributed by atoms with van der Waals surface area (Å²) in [6.07, 6.45) is 3.21. The highest BCUT2D eigenvalue weighted by Crippen LogP contribution is 2.25. The van der Waals surface area contributed by atoms with E-state index in [0.29, 0.717) is 10.7 Å². The second-order valence-corrected chi connectivity index (χ2v) is 4.93. The molecule has 0 aliphatic heterocycles. The van der Waals surface area contributed by atoms with Crippen LogP contribution in [-0.4, -0.2) is 22.9 Å². The predicted molar refractivity (Wildman–Crippen MR) is 68.6 cm³/mol. The van der Waals surface area contributed by atoms with Crippen molar-refractivity contribution in [1.82, 2.24) is 9.97 Å². The lowest BCUT2D eigenvalue weighted by molar-refractivity contribution is 0.0992. The van der Waals surface area contributed by atoms with Gasteiger partial charge in [0, 0.05) is 24.3 Å². The van der Waals surface area contributed by atoms with Gasteiger partial charge in [-0.2, -0.15) is 0 Å². The third kappa shape index (κ3) is 2.34. The van der Waals surface area contributed by atoms with Crippen LogP contribution in [-0.2, 0) is 0 Å². The first-order valence-electron chi connectivity index (χ1n) is 5.21. The smallest absolute Gasteiger partial charge is 0.261 e. The van der Waals surface area contributed by atoms with E-state index in [0.717, 1.165) is 10.6 Å². The van der Waals surface area contributed by atoms with E-state index < -0.39 is 0 Å². The van der Waals surface area contributed by atoms with Gasteiger partial charge in [0.05, 0.1) is 11.3 Å². The molecule has 0 aromatic carbocycles. The Morgan fingerprint density at radius 1 is 1.41 bits per heavy atom. The van der Waals surface area contributed by atoms with Gasteiger partial charge in [0.2, 0.25) is 0 Å². The lowest BCUT2D eigenvalue weighted by Crippen LogP contribution is -2.26. The van der Waals surface area contributed by atoms with Crippen molar-refractivity contribution in [3.05, 3.63) is 40.7 Å². The van der Waals surface area contributed by atoms with Crippen molar-refractivity contribution in [3.8, 4) is 0 Å². The van der Waals surface area contributed by atoms with Crippen molar-refractivity contribution in [2.24, 2.45) is 0 Å². The van der Waals surface area contributed by atoms with Crippen LogP contribution < -0.4 is 4.90 Å². The number of thiazole rings is 1. The Kier molecular flexibility index (Phi) is 3.19. The van der Waals surface area contributed by atoms with Crippen molar-refractivity contribution in [2.75, 3.05) is 11.9 Å². The highest BCUT2D eigenvalue weighted by molar-refractivity contribution is 7.15. The largest absolute Gasteiger partial charge is 0.287 e. The van der Waals surface area contributed by atoms with Crippen LogP contribution in [0.2, 0.25) is 0 Å². The van der Waals surface area contributed by atoms with E-state index in [9.17, 15) is 4.79 Å². The van der Waals surface area contributed by atoms with Gasteiger partial charge in [-0.3, -0.25) is 14.7 Å². The maximum Gasteiger partial charge on any atom is 0.261 e. The van der Waals surface area contributed by atoms with Gasteiger partial charge in [0.25, 0.3) is 5.91 Å². The van der Waals surface area contributed by atoms with Gasteiger partial charge in [-0.15, -0.1) is 11.3 Å². The summed E-state index contributed by atoms with van der Waals surface area (Å²) in [6, 6.07) is 3.50. The molecule has 2 aromatic rings. The minimum absolute atomic E-state index is 0.0909. The monoisotopic (exact) mass is 247 g/mol. The summed E-state index contributed by atoms with van der Waals surface area (Å²) in [6.45, 7) is 3.94. The molecular formula is C12H13N3OS.